The SMILES string of the molecule is CO[C@H]1[C@H](O)[C@@H](CO)O[C@@]1(COC(=O)CCN=[N+]=[N-])O[C@H]1O[C@H](CO)[C@@H](O)[C@H](O)[C@H]1O. The molecule has 0 aromatic carbocycles. The van der Waals surface area contributed by atoms with Crippen molar-refractivity contribution in [1.82, 2.24) is 0 Å². The Balaban J connectivity index is 2.25. The van der Waals surface area contributed by atoms with Crippen LogP contribution in [0.3, 0.4) is 0 Å². The molecule has 2 rings (SSSR count). The summed E-state index contributed by atoms with van der Waals surface area (Å²) < 4.78 is 26.8. The van der Waals surface area contributed by atoms with E-state index in [0.717, 1.165) is 0 Å². The Kier molecular flexibility index (Phi) is 9.35. The molecule has 0 radical (unpaired) electrons. The summed E-state index contributed by atoms with van der Waals surface area (Å²) in [7, 11) is 1.19. The standard InChI is InChI=1S/C16H27N3O12/c1-27-14-11(24)8(5-21)30-16(14,6-28-9(22)2-3-18-19-17)31-15-13(26)12(25)10(23)7(4-20)29-15/h7-8,10-15,20-21,23-26H,2-6H2,1H3/t7-,8-,10-,11-,12+,13-,14+,15-,16+/m1/s1. The maximum atomic E-state index is 11.9. The Labute approximate surface area is 176 Å². The third kappa shape index (κ3) is 5.60. The Hall–Kier alpha value is -1.62. The molecule has 2 heterocycles. The Bertz CT molecular complexity index is 647. The maximum Gasteiger partial charge on any atom is 0.306 e. The van der Waals surface area contributed by atoms with E-state index in [1.54, 1.807) is 0 Å². The number of aliphatic hydroxyl groups excluding tert-OH is 6. The first-order chi connectivity index (χ1) is 14.7. The topological polar surface area (TPSA) is 233 Å². The molecule has 9 atom stereocenters. The molecule has 2 saturated heterocycles. The average molecular weight is 453 g/mol. The monoisotopic (exact) mass is 453 g/mol. The van der Waals surface area contributed by atoms with E-state index in [0.29, 0.717) is 0 Å². The third-order valence-electron chi connectivity index (χ3n) is 4.99. The minimum atomic E-state index is -2.11. The highest BCUT2D eigenvalue weighted by molar-refractivity contribution is 5.69. The van der Waals surface area contributed by atoms with Crippen LogP contribution < -0.4 is 0 Å². The first-order valence-corrected chi connectivity index (χ1v) is 9.39. The fraction of sp³-hybridized carbons (Fsp3) is 0.938. The predicted molar refractivity (Wildman–Crippen MR) is 95.9 cm³/mol. The van der Waals surface area contributed by atoms with Gasteiger partial charge in [0.1, 0.15) is 49.3 Å². The lowest BCUT2D eigenvalue weighted by molar-refractivity contribution is -0.385. The number of aliphatic hydroxyl groups is 6. The lowest BCUT2D eigenvalue weighted by Crippen LogP contribution is -2.63. The minimum Gasteiger partial charge on any atom is -0.460 e. The van der Waals surface area contributed by atoms with Crippen molar-refractivity contribution in [3.63, 3.8) is 0 Å². The van der Waals surface area contributed by atoms with Gasteiger partial charge in [0.15, 0.2) is 6.29 Å². The van der Waals surface area contributed by atoms with Crippen molar-refractivity contribution in [2.75, 3.05) is 33.5 Å². The van der Waals surface area contributed by atoms with Crippen LogP contribution in [0.5, 0.6) is 0 Å². The lowest BCUT2D eigenvalue weighted by atomic mass is 9.99. The molecule has 178 valence electrons. The minimum absolute atomic E-state index is 0.174. The summed E-state index contributed by atoms with van der Waals surface area (Å²) in [5, 5.41) is 62.6. The van der Waals surface area contributed by atoms with Crippen LogP contribution >= 0.6 is 0 Å². The van der Waals surface area contributed by atoms with Crippen molar-refractivity contribution in [2.45, 2.75) is 61.2 Å². The number of methoxy groups -OCH3 is 1. The summed E-state index contributed by atoms with van der Waals surface area (Å²) in [4.78, 5) is 14.4. The van der Waals surface area contributed by atoms with Crippen LogP contribution in [0.2, 0.25) is 0 Å². The van der Waals surface area contributed by atoms with Gasteiger partial charge in [0.25, 0.3) is 0 Å². The summed E-state index contributed by atoms with van der Waals surface area (Å²) in [5.74, 6) is -2.92. The van der Waals surface area contributed by atoms with Gasteiger partial charge in [0.05, 0.1) is 19.6 Å². The average Bonchev–Trinajstić information content (AvgIpc) is 3.03. The molecule has 2 aliphatic heterocycles. The quantitative estimate of drug-likeness (QED) is 0.0818. The molecule has 0 bridgehead atoms. The van der Waals surface area contributed by atoms with Crippen LogP contribution in [0.4, 0.5) is 0 Å². The van der Waals surface area contributed by atoms with Gasteiger partial charge >= 0.3 is 5.97 Å². The molecule has 15 heteroatoms. The van der Waals surface area contributed by atoms with Crippen LogP contribution in [-0.2, 0) is 28.5 Å². The van der Waals surface area contributed by atoms with E-state index < -0.39 is 80.6 Å². The molecule has 0 saturated carbocycles. The third-order valence-corrected chi connectivity index (χ3v) is 4.99. The van der Waals surface area contributed by atoms with E-state index >= 15 is 0 Å². The number of hydrogen-bond donors (Lipinski definition) is 6. The van der Waals surface area contributed by atoms with Gasteiger partial charge in [0, 0.05) is 18.6 Å². The molecule has 0 aliphatic carbocycles. The molecule has 0 spiro atoms. The summed E-state index contributed by atoms with van der Waals surface area (Å²) in [6.45, 7) is -2.26. The van der Waals surface area contributed by atoms with E-state index in [1.165, 1.54) is 7.11 Å². The fourth-order valence-electron chi connectivity index (χ4n) is 3.36. The number of azide groups is 1. The zero-order valence-corrected chi connectivity index (χ0v) is 16.6. The number of hydrogen-bond acceptors (Lipinski definition) is 13. The number of esters is 1. The molecule has 0 amide bonds. The van der Waals surface area contributed by atoms with E-state index in [9.17, 15) is 35.4 Å². The van der Waals surface area contributed by atoms with Crippen LogP contribution in [0.25, 0.3) is 10.4 Å². The van der Waals surface area contributed by atoms with Crippen molar-refractivity contribution < 1.29 is 59.1 Å². The summed E-state index contributed by atoms with van der Waals surface area (Å²) in [5.41, 5.74) is 8.27. The van der Waals surface area contributed by atoms with Crippen molar-refractivity contribution in [3.05, 3.63) is 10.4 Å². The van der Waals surface area contributed by atoms with Crippen molar-refractivity contribution in [3.8, 4) is 0 Å². The van der Waals surface area contributed by atoms with Gasteiger partial charge in [-0.25, -0.2) is 0 Å². The van der Waals surface area contributed by atoms with Gasteiger partial charge in [-0.1, -0.05) is 5.11 Å². The first-order valence-electron chi connectivity index (χ1n) is 9.39. The van der Waals surface area contributed by atoms with Gasteiger partial charge in [-0.15, -0.1) is 0 Å². The highest BCUT2D eigenvalue weighted by atomic mass is 16.8. The normalized spacial score (nSPS) is 40.4. The van der Waals surface area contributed by atoms with Crippen molar-refractivity contribution >= 4 is 5.97 Å². The molecule has 31 heavy (non-hydrogen) atoms. The molecular formula is C16H27N3O12. The number of ether oxygens (including phenoxy) is 5. The molecule has 2 aliphatic rings. The van der Waals surface area contributed by atoms with Gasteiger partial charge < -0.3 is 54.3 Å². The number of nitrogens with zero attached hydrogens (tertiary/aromatic N) is 3. The van der Waals surface area contributed by atoms with Gasteiger partial charge in [0.2, 0.25) is 5.79 Å². The highest BCUT2D eigenvalue weighted by Gasteiger charge is 2.60. The summed E-state index contributed by atoms with van der Waals surface area (Å²) in [6, 6.07) is 0. The zero-order valence-electron chi connectivity index (χ0n) is 16.6. The predicted octanol–water partition coefficient (Wildman–Crippen LogP) is -3.49. The zero-order chi connectivity index (χ0) is 23.2. The van der Waals surface area contributed by atoms with E-state index in [4.69, 9.17) is 29.2 Å². The smallest absolute Gasteiger partial charge is 0.306 e. The van der Waals surface area contributed by atoms with Crippen LogP contribution in [0, 0.1) is 0 Å². The molecule has 0 aromatic rings. The van der Waals surface area contributed by atoms with Crippen molar-refractivity contribution in [2.24, 2.45) is 5.11 Å². The van der Waals surface area contributed by atoms with Crippen molar-refractivity contribution in [1.29, 1.82) is 0 Å². The molecule has 15 nitrogen and oxygen atoms in total. The molecule has 0 unspecified atom stereocenters. The second-order valence-corrected chi connectivity index (χ2v) is 6.98. The molecule has 0 aromatic heterocycles. The second-order valence-electron chi connectivity index (χ2n) is 6.98. The number of carbonyl (C=O) groups is 1. The number of rotatable bonds is 10. The first kappa shape index (κ1) is 25.6. The van der Waals surface area contributed by atoms with Gasteiger partial charge in [-0.05, 0) is 5.53 Å². The summed E-state index contributed by atoms with van der Waals surface area (Å²) >= 11 is 0. The van der Waals surface area contributed by atoms with Gasteiger partial charge in [-0.2, -0.15) is 0 Å². The Morgan fingerprint density at radius 1 is 1.10 bits per heavy atom. The molecule has 6 N–H and O–H groups in total. The maximum absolute atomic E-state index is 11.9. The second kappa shape index (κ2) is 11.3. The molecule has 2 fully saturated rings. The van der Waals surface area contributed by atoms with E-state index in [-0.39, 0.29) is 13.0 Å². The highest BCUT2D eigenvalue weighted by Crippen LogP contribution is 2.38. The van der Waals surface area contributed by atoms with Gasteiger partial charge in [-0.3, -0.25) is 4.79 Å². The Morgan fingerprint density at radius 3 is 2.35 bits per heavy atom. The van der Waals surface area contributed by atoms with E-state index in [2.05, 4.69) is 10.0 Å². The Morgan fingerprint density at radius 2 is 1.77 bits per heavy atom. The van der Waals surface area contributed by atoms with Crippen LogP contribution in [0.15, 0.2) is 5.11 Å². The summed E-state index contributed by atoms with van der Waals surface area (Å²) in [6.07, 6.45) is -12.5. The van der Waals surface area contributed by atoms with Crippen LogP contribution in [-0.4, -0.2) is 125 Å². The van der Waals surface area contributed by atoms with E-state index in [1.807, 2.05) is 0 Å². The number of carbonyl (C=O) groups excluding carboxylic acids is 1. The molecular weight excluding hydrogens is 426 g/mol. The fourth-order valence-corrected chi connectivity index (χ4v) is 3.36. The van der Waals surface area contributed by atoms with Crippen LogP contribution in [0.1, 0.15) is 6.42 Å². The largest absolute Gasteiger partial charge is 0.460 e. The lowest BCUT2D eigenvalue weighted by Gasteiger charge is -2.43.